The molecule has 0 spiro atoms. The fourth-order valence-electron chi connectivity index (χ4n) is 2.10. The minimum Gasteiger partial charge on any atom is -0.480 e. The molecular weight excluding hydrogens is 220 g/mol. The molecule has 0 radical (unpaired) electrons. The molecule has 0 aromatic carbocycles. The number of rotatable bonds is 5. The van der Waals surface area contributed by atoms with Crippen molar-refractivity contribution in [1.29, 1.82) is 0 Å². The Kier molecular flexibility index (Phi) is 4.78. The quantitative estimate of drug-likeness (QED) is 0.685. The number of carboxylic acid groups (broad SMARTS) is 1. The molecular formula is C12H22N2O3. The molecule has 0 aromatic rings. The Labute approximate surface area is 102 Å². The average molecular weight is 242 g/mol. The van der Waals surface area contributed by atoms with Crippen LogP contribution in [-0.4, -0.2) is 29.2 Å². The second-order valence-corrected chi connectivity index (χ2v) is 5.41. The van der Waals surface area contributed by atoms with E-state index in [0.717, 1.165) is 12.8 Å². The van der Waals surface area contributed by atoms with Gasteiger partial charge in [-0.3, -0.25) is 0 Å². The number of hydrogen-bond donors (Lipinski definition) is 3. The lowest BCUT2D eigenvalue weighted by Crippen LogP contribution is -2.52. The van der Waals surface area contributed by atoms with Crippen LogP contribution in [-0.2, 0) is 4.79 Å². The van der Waals surface area contributed by atoms with E-state index < -0.39 is 12.0 Å². The van der Waals surface area contributed by atoms with Crippen molar-refractivity contribution < 1.29 is 14.7 Å². The van der Waals surface area contributed by atoms with Gasteiger partial charge in [-0.2, -0.15) is 0 Å². The van der Waals surface area contributed by atoms with Gasteiger partial charge in [0.15, 0.2) is 0 Å². The Morgan fingerprint density at radius 2 is 1.94 bits per heavy atom. The van der Waals surface area contributed by atoms with Gasteiger partial charge >= 0.3 is 12.0 Å². The van der Waals surface area contributed by atoms with Crippen molar-refractivity contribution in [2.75, 3.05) is 0 Å². The van der Waals surface area contributed by atoms with Crippen LogP contribution in [0.3, 0.4) is 0 Å². The summed E-state index contributed by atoms with van der Waals surface area (Å²) in [6.45, 7) is 6.00. The van der Waals surface area contributed by atoms with Crippen LogP contribution in [0.5, 0.6) is 0 Å². The second kappa shape index (κ2) is 5.89. The van der Waals surface area contributed by atoms with Gasteiger partial charge in [0.1, 0.15) is 6.04 Å². The first-order valence-corrected chi connectivity index (χ1v) is 6.18. The molecule has 0 aromatic heterocycles. The Hall–Kier alpha value is -1.26. The highest BCUT2D eigenvalue weighted by molar-refractivity contribution is 5.82. The normalized spacial score (nSPS) is 24.9. The van der Waals surface area contributed by atoms with Crippen molar-refractivity contribution in [2.45, 2.75) is 52.1 Å². The van der Waals surface area contributed by atoms with E-state index in [2.05, 4.69) is 17.6 Å². The van der Waals surface area contributed by atoms with E-state index in [4.69, 9.17) is 5.11 Å². The third-order valence-corrected chi connectivity index (χ3v) is 3.02. The van der Waals surface area contributed by atoms with E-state index in [0.29, 0.717) is 12.3 Å². The third kappa shape index (κ3) is 4.63. The molecule has 2 amide bonds. The number of nitrogens with one attached hydrogen (secondary N) is 2. The molecule has 0 bridgehead atoms. The molecule has 0 saturated heterocycles. The van der Waals surface area contributed by atoms with E-state index in [1.807, 2.05) is 13.8 Å². The van der Waals surface area contributed by atoms with E-state index in [1.165, 1.54) is 0 Å². The zero-order valence-electron chi connectivity index (χ0n) is 10.7. The van der Waals surface area contributed by atoms with Crippen LogP contribution in [0.25, 0.3) is 0 Å². The predicted molar refractivity (Wildman–Crippen MR) is 64.7 cm³/mol. The zero-order valence-corrected chi connectivity index (χ0v) is 10.7. The first kappa shape index (κ1) is 13.8. The van der Waals surface area contributed by atoms with Crippen molar-refractivity contribution in [1.82, 2.24) is 10.6 Å². The summed E-state index contributed by atoms with van der Waals surface area (Å²) >= 11 is 0. The molecule has 1 saturated carbocycles. The number of hydrogen-bond acceptors (Lipinski definition) is 2. The van der Waals surface area contributed by atoms with Crippen LogP contribution in [0, 0.1) is 11.8 Å². The van der Waals surface area contributed by atoms with Crippen LogP contribution in [0.4, 0.5) is 4.79 Å². The lowest BCUT2D eigenvalue weighted by molar-refractivity contribution is -0.139. The number of carboxylic acids is 1. The predicted octanol–water partition coefficient (Wildman–Crippen LogP) is 1.58. The summed E-state index contributed by atoms with van der Waals surface area (Å²) in [5, 5.41) is 14.3. The number of carbonyl (C=O) groups is 2. The molecule has 1 aliphatic rings. The molecule has 1 atom stereocenters. The van der Waals surface area contributed by atoms with Crippen molar-refractivity contribution in [2.24, 2.45) is 11.8 Å². The number of aliphatic carboxylic acids is 1. The number of carbonyl (C=O) groups excluding carboxylic acids is 1. The summed E-state index contributed by atoms with van der Waals surface area (Å²) in [6, 6.07) is -0.957. The van der Waals surface area contributed by atoms with Crippen LogP contribution < -0.4 is 10.6 Å². The van der Waals surface area contributed by atoms with Crippen LogP contribution >= 0.6 is 0 Å². The summed E-state index contributed by atoms with van der Waals surface area (Å²) in [4.78, 5) is 22.5. The van der Waals surface area contributed by atoms with Gasteiger partial charge in [-0.25, -0.2) is 9.59 Å². The van der Waals surface area contributed by atoms with E-state index in [-0.39, 0.29) is 18.0 Å². The minimum absolute atomic E-state index is 0.207. The molecule has 1 rings (SSSR count). The monoisotopic (exact) mass is 242 g/mol. The summed E-state index contributed by atoms with van der Waals surface area (Å²) in [6.07, 6.45) is 2.41. The molecule has 0 aliphatic heterocycles. The maximum Gasteiger partial charge on any atom is 0.326 e. The Balaban J connectivity index is 2.33. The highest BCUT2D eigenvalue weighted by Gasteiger charge is 2.28. The first-order valence-electron chi connectivity index (χ1n) is 6.18. The standard InChI is InChI=1S/C12H22N2O3/c1-7(2)4-10(11(15)16)14-12(17)13-9-5-8(3)6-9/h7-10H,4-6H2,1-3H3,(H,15,16)(H2,13,14,17). The van der Waals surface area contributed by atoms with Crippen LogP contribution in [0.1, 0.15) is 40.0 Å². The van der Waals surface area contributed by atoms with Gasteiger partial charge in [-0.15, -0.1) is 0 Å². The summed E-state index contributed by atoms with van der Waals surface area (Å²) in [5.41, 5.74) is 0. The smallest absolute Gasteiger partial charge is 0.326 e. The summed E-state index contributed by atoms with van der Waals surface area (Å²) in [7, 11) is 0. The zero-order chi connectivity index (χ0) is 13.0. The maximum absolute atomic E-state index is 11.6. The second-order valence-electron chi connectivity index (χ2n) is 5.41. The number of urea groups is 1. The highest BCUT2D eigenvalue weighted by atomic mass is 16.4. The minimum atomic E-state index is -0.976. The lowest BCUT2D eigenvalue weighted by atomic mass is 9.82. The largest absolute Gasteiger partial charge is 0.480 e. The van der Waals surface area contributed by atoms with E-state index in [1.54, 1.807) is 0 Å². The molecule has 98 valence electrons. The van der Waals surface area contributed by atoms with Gasteiger partial charge in [-0.05, 0) is 31.1 Å². The van der Waals surface area contributed by atoms with Crippen molar-refractivity contribution in [3.05, 3.63) is 0 Å². The Morgan fingerprint density at radius 1 is 1.35 bits per heavy atom. The van der Waals surface area contributed by atoms with Crippen LogP contribution in [0.2, 0.25) is 0 Å². The fourth-order valence-corrected chi connectivity index (χ4v) is 2.10. The van der Waals surface area contributed by atoms with Crippen LogP contribution in [0.15, 0.2) is 0 Å². The molecule has 5 nitrogen and oxygen atoms in total. The fraction of sp³-hybridized carbons (Fsp3) is 0.833. The molecule has 17 heavy (non-hydrogen) atoms. The Morgan fingerprint density at radius 3 is 2.35 bits per heavy atom. The lowest BCUT2D eigenvalue weighted by Gasteiger charge is -2.33. The number of amides is 2. The molecule has 1 aliphatic carbocycles. The Bertz CT molecular complexity index is 285. The maximum atomic E-state index is 11.6. The van der Waals surface area contributed by atoms with Gasteiger partial charge in [0, 0.05) is 6.04 Å². The summed E-state index contributed by atoms with van der Waals surface area (Å²) < 4.78 is 0. The SMILES string of the molecule is CC(C)CC(NC(=O)NC1CC(C)C1)C(=O)O. The van der Waals surface area contributed by atoms with Crippen molar-refractivity contribution >= 4 is 12.0 Å². The average Bonchev–Trinajstić information content (AvgIpc) is 2.13. The van der Waals surface area contributed by atoms with Crippen molar-refractivity contribution in [3.8, 4) is 0 Å². The molecule has 0 heterocycles. The highest BCUT2D eigenvalue weighted by Crippen LogP contribution is 2.26. The van der Waals surface area contributed by atoms with Gasteiger partial charge in [-0.1, -0.05) is 20.8 Å². The molecule has 1 unspecified atom stereocenters. The molecule has 5 heteroatoms. The van der Waals surface area contributed by atoms with E-state index >= 15 is 0 Å². The molecule has 3 N–H and O–H groups in total. The van der Waals surface area contributed by atoms with Crippen molar-refractivity contribution in [3.63, 3.8) is 0 Å². The topological polar surface area (TPSA) is 78.4 Å². The molecule has 1 fully saturated rings. The van der Waals surface area contributed by atoms with Gasteiger partial charge in [0.25, 0.3) is 0 Å². The van der Waals surface area contributed by atoms with Gasteiger partial charge < -0.3 is 15.7 Å². The van der Waals surface area contributed by atoms with Gasteiger partial charge in [0.05, 0.1) is 0 Å². The third-order valence-electron chi connectivity index (χ3n) is 3.02. The summed E-state index contributed by atoms with van der Waals surface area (Å²) in [5.74, 6) is -0.0813. The van der Waals surface area contributed by atoms with E-state index in [9.17, 15) is 9.59 Å². The van der Waals surface area contributed by atoms with Gasteiger partial charge in [0.2, 0.25) is 0 Å². The first-order chi connectivity index (χ1) is 7.88.